The van der Waals surface area contributed by atoms with Crippen LogP contribution in [0, 0.1) is 5.82 Å². The molecule has 0 radical (unpaired) electrons. The van der Waals surface area contributed by atoms with Gasteiger partial charge < -0.3 is 10.1 Å². The zero-order chi connectivity index (χ0) is 14.5. The van der Waals surface area contributed by atoms with E-state index in [-0.39, 0.29) is 10.7 Å². The minimum Gasteiger partial charge on any atom is -0.464 e. The Bertz CT molecular complexity index is 617. The number of ether oxygens (including phenoxy) is 1. The summed E-state index contributed by atoms with van der Waals surface area (Å²) in [7, 11) is 1.30. The fourth-order valence-corrected chi connectivity index (χ4v) is 1.75. The number of nitrogens with one attached hydrogen (secondary N) is 1. The monoisotopic (exact) mass is 294 g/mol. The van der Waals surface area contributed by atoms with Crippen molar-refractivity contribution in [2.75, 3.05) is 12.4 Å². The van der Waals surface area contributed by atoms with Crippen molar-refractivity contribution in [2.24, 2.45) is 0 Å². The molecule has 1 aromatic heterocycles. The first-order valence-electron chi connectivity index (χ1n) is 5.82. The molecular formula is C14H12ClFN2O2. The molecule has 2 aromatic rings. The van der Waals surface area contributed by atoms with E-state index in [9.17, 15) is 9.18 Å². The van der Waals surface area contributed by atoms with E-state index in [2.05, 4.69) is 15.0 Å². The van der Waals surface area contributed by atoms with Crippen LogP contribution in [0.5, 0.6) is 0 Å². The quantitative estimate of drug-likeness (QED) is 0.879. The maximum Gasteiger partial charge on any atom is 0.356 e. The molecule has 0 atom stereocenters. The lowest BCUT2D eigenvalue weighted by Crippen LogP contribution is -2.05. The molecule has 20 heavy (non-hydrogen) atoms. The number of aromatic nitrogens is 1. The van der Waals surface area contributed by atoms with Crippen molar-refractivity contribution in [3.8, 4) is 0 Å². The standard InChI is InChI=1S/C14H12ClFN2O2/c1-20-14(19)13-5-2-9(8-18-13)7-17-10-3-4-12(16)11(15)6-10/h2-6,8,17H,7H2,1H3. The number of carbonyl (C=O) groups is 1. The molecule has 1 heterocycles. The second-order valence-corrected chi connectivity index (χ2v) is 4.43. The number of carbonyl (C=O) groups excluding carboxylic acids is 1. The van der Waals surface area contributed by atoms with Crippen LogP contribution in [0.15, 0.2) is 36.5 Å². The number of hydrogen-bond donors (Lipinski definition) is 1. The van der Waals surface area contributed by atoms with Crippen molar-refractivity contribution in [3.05, 3.63) is 58.6 Å². The third-order valence-corrected chi connectivity index (χ3v) is 2.93. The van der Waals surface area contributed by atoms with Gasteiger partial charge in [-0.05, 0) is 29.8 Å². The van der Waals surface area contributed by atoms with Crippen molar-refractivity contribution < 1.29 is 13.9 Å². The number of rotatable bonds is 4. The Labute approximate surface area is 120 Å². The van der Waals surface area contributed by atoms with E-state index >= 15 is 0 Å². The highest BCUT2D eigenvalue weighted by Crippen LogP contribution is 2.19. The molecule has 6 heteroatoms. The van der Waals surface area contributed by atoms with Gasteiger partial charge in [-0.1, -0.05) is 17.7 Å². The lowest BCUT2D eigenvalue weighted by molar-refractivity contribution is 0.0594. The van der Waals surface area contributed by atoms with Gasteiger partial charge in [0.15, 0.2) is 0 Å². The second-order valence-electron chi connectivity index (χ2n) is 4.03. The predicted octanol–water partition coefficient (Wildman–Crippen LogP) is 3.27. The van der Waals surface area contributed by atoms with Gasteiger partial charge in [0.2, 0.25) is 0 Å². The number of nitrogens with zero attached hydrogens (tertiary/aromatic N) is 1. The largest absolute Gasteiger partial charge is 0.464 e. The van der Waals surface area contributed by atoms with Gasteiger partial charge in [-0.2, -0.15) is 0 Å². The Kier molecular flexibility index (Phi) is 4.53. The van der Waals surface area contributed by atoms with Crippen molar-refractivity contribution in [3.63, 3.8) is 0 Å². The van der Waals surface area contributed by atoms with Crippen LogP contribution in [0.3, 0.4) is 0 Å². The van der Waals surface area contributed by atoms with Crippen LogP contribution in [0.25, 0.3) is 0 Å². The third-order valence-electron chi connectivity index (χ3n) is 2.64. The Morgan fingerprint density at radius 2 is 2.20 bits per heavy atom. The van der Waals surface area contributed by atoms with E-state index < -0.39 is 11.8 Å². The zero-order valence-corrected chi connectivity index (χ0v) is 11.4. The Morgan fingerprint density at radius 3 is 2.80 bits per heavy atom. The fraction of sp³-hybridized carbons (Fsp3) is 0.143. The van der Waals surface area contributed by atoms with Crippen LogP contribution in [0.1, 0.15) is 16.1 Å². The van der Waals surface area contributed by atoms with Crippen molar-refractivity contribution in [1.82, 2.24) is 4.98 Å². The summed E-state index contributed by atoms with van der Waals surface area (Å²) in [6.07, 6.45) is 1.57. The number of esters is 1. The molecule has 0 aliphatic heterocycles. The minimum absolute atomic E-state index is 0.0640. The van der Waals surface area contributed by atoms with Crippen LogP contribution >= 0.6 is 11.6 Å². The minimum atomic E-state index is -0.477. The van der Waals surface area contributed by atoms with E-state index in [1.54, 1.807) is 24.4 Å². The van der Waals surface area contributed by atoms with Gasteiger partial charge in [-0.25, -0.2) is 14.2 Å². The van der Waals surface area contributed by atoms with Crippen molar-refractivity contribution >= 4 is 23.3 Å². The molecule has 0 fully saturated rings. The van der Waals surface area contributed by atoms with Gasteiger partial charge in [0.25, 0.3) is 0 Å². The Hall–Kier alpha value is -2.14. The molecule has 0 aliphatic carbocycles. The average molecular weight is 295 g/mol. The van der Waals surface area contributed by atoms with E-state index in [4.69, 9.17) is 11.6 Å². The number of methoxy groups -OCH3 is 1. The fourth-order valence-electron chi connectivity index (χ4n) is 1.56. The lowest BCUT2D eigenvalue weighted by Gasteiger charge is -2.07. The van der Waals surface area contributed by atoms with Crippen LogP contribution < -0.4 is 5.32 Å². The van der Waals surface area contributed by atoms with Gasteiger partial charge in [-0.3, -0.25) is 0 Å². The molecule has 104 valence electrons. The zero-order valence-electron chi connectivity index (χ0n) is 10.7. The van der Waals surface area contributed by atoms with Gasteiger partial charge >= 0.3 is 5.97 Å². The first kappa shape index (κ1) is 14.3. The molecule has 0 unspecified atom stereocenters. The maximum atomic E-state index is 13.0. The Balaban J connectivity index is 2.00. The summed E-state index contributed by atoms with van der Waals surface area (Å²) in [5, 5.41) is 3.15. The van der Waals surface area contributed by atoms with Gasteiger partial charge in [0, 0.05) is 18.4 Å². The Morgan fingerprint density at radius 1 is 1.40 bits per heavy atom. The first-order chi connectivity index (χ1) is 9.60. The molecule has 0 amide bonds. The molecule has 0 saturated heterocycles. The molecule has 0 saturated carbocycles. The molecule has 2 rings (SSSR count). The van der Waals surface area contributed by atoms with Gasteiger partial charge in [-0.15, -0.1) is 0 Å². The highest BCUT2D eigenvalue weighted by atomic mass is 35.5. The summed E-state index contributed by atoms with van der Waals surface area (Å²) in [6, 6.07) is 7.74. The smallest absolute Gasteiger partial charge is 0.356 e. The first-order valence-corrected chi connectivity index (χ1v) is 6.20. The number of halogens is 2. The SMILES string of the molecule is COC(=O)c1ccc(CNc2ccc(F)c(Cl)c2)cn1. The predicted molar refractivity (Wildman–Crippen MR) is 74.3 cm³/mol. The molecule has 4 nitrogen and oxygen atoms in total. The maximum absolute atomic E-state index is 13.0. The highest BCUT2D eigenvalue weighted by molar-refractivity contribution is 6.31. The number of pyridine rings is 1. The van der Waals surface area contributed by atoms with E-state index in [0.717, 1.165) is 5.56 Å². The number of anilines is 1. The summed E-state index contributed by atoms with van der Waals surface area (Å²) in [6.45, 7) is 0.483. The summed E-state index contributed by atoms with van der Waals surface area (Å²) in [5.41, 5.74) is 1.83. The van der Waals surface area contributed by atoms with Gasteiger partial charge in [0.1, 0.15) is 11.5 Å². The number of benzene rings is 1. The highest BCUT2D eigenvalue weighted by Gasteiger charge is 2.06. The third kappa shape index (κ3) is 3.45. The summed E-state index contributed by atoms with van der Waals surface area (Å²) in [5.74, 6) is -0.934. The van der Waals surface area contributed by atoms with Crippen molar-refractivity contribution in [1.29, 1.82) is 0 Å². The van der Waals surface area contributed by atoms with E-state index in [1.165, 1.54) is 19.2 Å². The molecular weight excluding hydrogens is 283 g/mol. The number of hydrogen-bond acceptors (Lipinski definition) is 4. The van der Waals surface area contributed by atoms with Gasteiger partial charge in [0.05, 0.1) is 12.1 Å². The van der Waals surface area contributed by atoms with E-state index in [0.29, 0.717) is 12.2 Å². The molecule has 0 bridgehead atoms. The summed E-state index contributed by atoms with van der Waals surface area (Å²) < 4.78 is 17.6. The molecule has 1 aromatic carbocycles. The van der Waals surface area contributed by atoms with Crippen molar-refractivity contribution in [2.45, 2.75) is 6.54 Å². The van der Waals surface area contributed by atoms with Crippen LogP contribution in [-0.2, 0) is 11.3 Å². The second kappa shape index (κ2) is 6.34. The average Bonchev–Trinajstić information content (AvgIpc) is 2.48. The molecule has 0 spiro atoms. The topological polar surface area (TPSA) is 51.2 Å². The molecule has 0 aliphatic rings. The van der Waals surface area contributed by atoms with Crippen LogP contribution in [-0.4, -0.2) is 18.1 Å². The lowest BCUT2D eigenvalue weighted by atomic mass is 10.2. The van der Waals surface area contributed by atoms with E-state index in [1.807, 2.05) is 0 Å². The normalized spacial score (nSPS) is 10.2. The summed E-state index contributed by atoms with van der Waals surface area (Å²) >= 11 is 5.69. The summed E-state index contributed by atoms with van der Waals surface area (Å²) in [4.78, 5) is 15.2. The molecule has 1 N–H and O–H groups in total. The van der Waals surface area contributed by atoms with Crippen LogP contribution in [0.2, 0.25) is 5.02 Å². The van der Waals surface area contributed by atoms with Crippen LogP contribution in [0.4, 0.5) is 10.1 Å².